The molecular weight excluding hydrogens is 264 g/mol. The highest BCUT2D eigenvalue weighted by molar-refractivity contribution is 5.85. The predicted octanol–water partition coefficient (Wildman–Crippen LogP) is 1.83. The molecule has 112 valence electrons. The predicted molar refractivity (Wildman–Crippen MR) is 78.7 cm³/mol. The summed E-state index contributed by atoms with van der Waals surface area (Å²) in [6, 6.07) is 0.617. The zero-order valence-electron chi connectivity index (χ0n) is 11.9. The number of rotatable bonds is 7. The summed E-state index contributed by atoms with van der Waals surface area (Å²) in [5.74, 6) is 1.09. The molecule has 0 unspecified atom stereocenters. The normalized spacial score (nSPS) is 20.2. The number of ether oxygens (including phenoxy) is 1. The molecule has 1 aliphatic heterocycles. The Labute approximate surface area is 122 Å². The second kappa shape index (κ2) is 8.77. The number of piperidine rings is 1. The first-order valence-electron chi connectivity index (χ1n) is 7.38. The summed E-state index contributed by atoms with van der Waals surface area (Å²) in [4.78, 5) is 13.8. The van der Waals surface area contributed by atoms with Crippen LogP contribution in [0.15, 0.2) is 0 Å². The molecule has 1 aliphatic carbocycles. The number of hydrogen-bond donors (Lipinski definition) is 1. The summed E-state index contributed by atoms with van der Waals surface area (Å²) in [6.07, 6.45) is 5.96. The van der Waals surface area contributed by atoms with Crippen LogP contribution in [-0.4, -0.2) is 49.7 Å². The largest absolute Gasteiger partial charge is 0.372 e. The number of nitrogens with zero attached hydrogens (tertiary/aromatic N) is 1. The van der Waals surface area contributed by atoms with Gasteiger partial charge in [-0.25, -0.2) is 0 Å². The van der Waals surface area contributed by atoms with Gasteiger partial charge in [-0.1, -0.05) is 6.92 Å². The van der Waals surface area contributed by atoms with Crippen molar-refractivity contribution < 1.29 is 9.53 Å². The molecule has 1 saturated heterocycles. The summed E-state index contributed by atoms with van der Waals surface area (Å²) >= 11 is 0. The molecular formula is C14H27ClN2O2. The summed E-state index contributed by atoms with van der Waals surface area (Å²) < 4.78 is 5.31. The molecule has 1 saturated carbocycles. The first-order valence-corrected chi connectivity index (χ1v) is 7.38. The van der Waals surface area contributed by atoms with Crippen LogP contribution >= 0.6 is 12.4 Å². The third kappa shape index (κ3) is 6.11. The number of hydrogen-bond acceptors (Lipinski definition) is 3. The quantitative estimate of drug-likeness (QED) is 0.727. The first-order chi connectivity index (χ1) is 8.79. The van der Waals surface area contributed by atoms with Gasteiger partial charge in [0.1, 0.15) is 6.61 Å². The molecule has 0 radical (unpaired) electrons. The van der Waals surface area contributed by atoms with E-state index in [1.807, 2.05) is 4.90 Å². The zero-order valence-corrected chi connectivity index (χ0v) is 12.7. The van der Waals surface area contributed by atoms with E-state index in [0.717, 1.165) is 38.3 Å². The maximum atomic E-state index is 11.8. The van der Waals surface area contributed by atoms with E-state index in [0.29, 0.717) is 12.6 Å². The van der Waals surface area contributed by atoms with Crippen molar-refractivity contribution in [3.8, 4) is 0 Å². The van der Waals surface area contributed by atoms with E-state index in [2.05, 4.69) is 12.2 Å². The lowest BCUT2D eigenvalue weighted by Crippen LogP contribution is -2.46. The monoisotopic (exact) mass is 290 g/mol. The minimum atomic E-state index is 0. The molecule has 0 aromatic carbocycles. The van der Waals surface area contributed by atoms with Gasteiger partial charge in [-0.15, -0.1) is 12.4 Å². The molecule has 4 nitrogen and oxygen atoms in total. The number of carbonyl (C=O) groups is 1. The SMILES string of the molecule is CCCOCC(=O)N1CCC(NCC2CC2)CC1.Cl. The van der Waals surface area contributed by atoms with Crippen LogP contribution in [0.4, 0.5) is 0 Å². The standard InChI is InChI=1S/C14H26N2O2.ClH/c1-2-9-18-11-14(17)16-7-5-13(6-8-16)15-10-12-3-4-12;/h12-13,15H,2-11H2,1H3;1H. The minimum absolute atomic E-state index is 0. The minimum Gasteiger partial charge on any atom is -0.372 e. The van der Waals surface area contributed by atoms with Gasteiger partial charge in [-0.3, -0.25) is 4.79 Å². The van der Waals surface area contributed by atoms with Crippen LogP contribution in [0.2, 0.25) is 0 Å². The van der Waals surface area contributed by atoms with Gasteiger partial charge in [0.2, 0.25) is 5.91 Å². The Morgan fingerprint density at radius 2 is 1.95 bits per heavy atom. The van der Waals surface area contributed by atoms with Gasteiger partial charge in [-0.2, -0.15) is 0 Å². The van der Waals surface area contributed by atoms with Crippen molar-refractivity contribution in [2.45, 2.75) is 45.1 Å². The van der Waals surface area contributed by atoms with Crippen LogP contribution in [-0.2, 0) is 9.53 Å². The van der Waals surface area contributed by atoms with Crippen molar-refractivity contribution in [3.63, 3.8) is 0 Å². The van der Waals surface area contributed by atoms with Gasteiger partial charge in [0.05, 0.1) is 0 Å². The summed E-state index contributed by atoms with van der Waals surface area (Å²) in [5, 5.41) is 3.63. The molecule has 1 N–H and O–H groups in total. The second-order valence-corrected chi connectivity index (χ2v) is 5.56. The van der Waals surface area contributed by atoms with Gasteiger partial charge in [-0.05, 0) is 44.6 Å². The first kappa shape index (κ1) is 16.7. The molecule has 0 spiro atoms. The number of nitrogens with one attached hydrogen (secondary N) is 1. The van der Waals surface area contributed by atoms with Crippen LogP contribution < -0.4 is 5.32 Å². The van der Waals surface area contributed by atoms with Crippen molar-refractivity contribution in [2.24, 2.45) is 5.92 Å². The molecule has 1 amide bonds. The highest BCUT2D eigenvalue weighted by Gasteiger charge is 2.25. The van der Waals surface area contributed by atoms with E-state index in [9.17, 15) is 4.79 Å². The molecule has 2 fully saturated rings. The molecule has 2 rings (SSSR count). The maximum absolute atomic E-state index is 11.8. The zero-order chi connectivity index (χ0) is 12.8. The van der Waals surface area contributed by atoms with Gasteiger partial charge in [0.15, 0.2) is 0 Å². The third-order valence-corrected chi connectivity index (χ3v) is 3.81. The molecule has 0 bridgehead atoms. The van der Waals surface area contributed by atoms with Crippen molar-refractivity contribution in [1.29, 1.82) is 0 Å². The fourth-order valence-corrected chi connectivity index (χ4v) is 2.38. The summed E-state index contributed by atoms with van der Waals surface area (Å²) in [6.45, 7) is 5.95. The molecule has 0 atom stereocenters. The molecule has 2 aliphatic rings. The van der Waals surface area contributed by atoms with E-state index >= 15 is 0 Å². The third-order valence-electron chi connectivity index (χ3n) is 3.81. The van der Waals surface area contributed by atoms with E-state index in [1.165, 1.54) is 19.4 Å². The molecule has 0 aromatic heterocycles. The van der Waals surface area contributed by atoms with E-state index in [4.69, 9.17) is 4.74 Å². The van der Waals surface area contributed by atoms with E-state index < -0.39 is 0 Å². The fourth-order valence-electron chi connectivity index (χ4n) is 2.38. The topological polar surface area (TPSA) is 41.6 Å². The average molecular weight is 291 g/mol. The highest BCUT2D eigenvalue weighted by atomic mass is 35.5. The van der Waals surface area contributed by atoms with Crippen LogP contribution in [0.3, 0.4) is 0 Å². The lowest BCUT2D eigenvalue weighted by molar-refractivity contribution is -0.137. The van der Waals surface area contributed by atoms with E-state index in [-0.39, 0.29) is 24.9 Å². The smallest absolute Gasteiger partial charge is 0.248 e. The molecule has 0 aromatic rings. The Morgan fingerprint density at radius 3 is 2.53 bits per heavy atom. The number of likely N-dealkylation sites (tertiary alicyclic amines) is 1. The number of halogens is 1. The molecule has 1 heterocycles. The lowest BCUT2D eigenvalue weighted by atomic mass is 10.0. The van der Waals surface area contributed by atoms with Crippen LogP contribution in [0.1, 0.15) is 39.0 Å². The maximum Gasteiger partial charge on any atom is 0.248 e. The lowest BCUT2D eigenvalue weighted by Gasteiger charge is -2.32. The Balaban J connectivity index is 0.00000180. The van der Waals surface area contributed by atoms with Crippen LogP contribution in [0.25, 0.3) is 0 Å². The van der Waals surface area contributed by atoms with Crippen molar-refractivity contribution in [1.82, 2.24) is 10.2 Å². The summed E-state index contributed by atoms with van der Waals surface area (Å²) in [7, 11) is 0. The highest BCUT2D eigenvalue weighted by Crippen LogP contribution is 2.28. The van der Waals surface area contributed by atoms with Gasteiger partial charge < -0.3 is 15.0 Å². The van der Waals surface area contributed by atoms with Crippen molar-refractivity contribution >= 4 is 18.3 Å². The number of amides is 1. The average Bonchev–Trinajstić information content (AvgIpc) is 3.21. The van der Waals surface area contributed by atoms with Gasteiger partial charge >= 0.3 is 0 Å². The van der Waals surface area contributed by atoms with Crippen LogP contribution in [0, 0.1) is 5.92 Å². The van der Waals surface area contributed by atoms with Crippen LogP contribution in [0.5, 0.6) is 0 Å². The van der Waals surface area contributed by atoms with Crippen molar-refractivity contribution in [2.75, 3.05) is 32.8 Å². The Hall–Kier alpha value is -0.320. The van der Waals surface area contributed by atoms with Crippen molar-refractivity contribution in [3.05, 3.63) is 0 Å². The van der Waals surface area contributed by atoms with E-state index in [1.54, 1.807) is 0 Å². The summed E-state index contributed by atoms with van der Waals surface area (Å²) in [5.41, 5.74) is 0. The molecule has 5 heteroatoms. The van der Waals surface area contributed by atoms with Gasteiger partial charge in [0, 0.05) is 25.7 Å². The fraction of sp³-hybridized carbons (Fsp3) is 0.929. The molecule has 19 heavy (non-hydrogen) atoms. The number of carbonyl (C=O) groups excluding carboxylic acids is 1. The Bertz CT molecular complexity index is 264. The Kier molecular flexibility index (Phi) is 7.73. The second-order valence-electron chi connectivity index (χ2n) is 5.56. The van der Waals surface area contributed by atoms with Gasteiger partial charge in [0.25, 0.3) is 0 Å². The Morgan fingerprint density at radius 1 is 1.26 bits per heavy atom.